The topological polar surface area (TPSA) is 38.4 Å². The van der Waals surface area contributed by atoms with E-state index < -0.39 is 0 Å². The van der Waals surface area contributed by atoms with Crippen molar-refractivity contribution in [3.8, 4) is 0 Å². The number of rotatable bonds is 2. The normalized spacial score (nSPS) is 19.2. The van der Waals surface area contributed by atoms with Gasteiger partial charge in [-0.2, -0.15) is 0 Å². The SMILES string of the molecule is CN=C(N)SCC1CCCC1.Cl. The van der Waals surface area contributed by atoms with Gasteiger partial charge in [-0.05, 0) is 18.8 Å². The molecule has 1 rings (SSSR count). The molecule has 0 aliphatic heterocycles. The predicted octanol–water partition coefficient (Wildman–Crippen LogP) is 2.28. The molecule has 0 radical (unpaired) electrons. The Hall–Kier alpha value is 0.110. The first-order valence-electron chi connectivity index (χ1n) is 4.18. The van der Waals surface area contributed by atoms with E-state index in [0.29, 0.717) is 0 Å². The summed E-state index contributed by atoms with van der Waals surface area (Å²) >= 11 is 1.70. The Balaban J connectivity index is 0.00000121. The van der Waals surface area contributed by atoms with E-state index in [9.17, 15) is 0 Å². The van der Waals surface area contributed by atoms with Gasteiger partial charge in [0, 0.05) is 12.8 Å². The molecule has 1 aliphatic rings. The molecule has 0 spiro atoms. The zero-order valence-corrected chi connectivity index (χ0v) is 9.09. The molecule has 0 aromatic carbocycles. The molecular formula is C8H17ClN2S. The van der Waals surface area contributed by atoms with Crippen molar-refractivity contribution >= 4 is 29.3 Å². The van der Waals surface area contributed by atoms with E-state index in [1.54, 1.807) is 18.8 Å². The molecule has 2 N–H and O–H groups in total. The maximum absolute atomic E-state index is 5.56. The van der Waals surface area contributed by atoms with Crippen molar-refractivity contribution in [3.63, 3.8) is 0 Å². The van der Waals surface area contributed by atoms with Crippen LogP contribution in [0.4, 0.5) is 0 Å². The molecule has 1 aliphatic carbocycles. The van der Waals surface area contributed by atoms with Gasteiger partial charge in [-0.1, -0.05) is 24.6 Å². The van der Waals surface area contributed by atoms with E-state index in [2.05, 4.69) is 4.99 Å². The molecule has 0 unspecified atom stereocenters. The summed E-state index contributed by atoms with van der Waals surface area (Å²) in [5.41, 5.74) is 5.56. The van der Waals surface area contributed by atoms with E-state index in [1.807, 2.05) is 0 Å². The highest BCUT2D eigenvalue weighted by molar-refractivity contribution is 8.13. The van der Waals surface area contributed by atoms with Crippen LogP contribution in [-0.2, 0) is 0 Å². The number of hydrogen-bond donors (Lipinski definition) is 1. The van der Waals surface area contributed by atoms with Crippen LogP contribution in [0.1, 0.15) is 25.7 Å². The first kappa shape index (κ1) is 12.1. The third-order valence-corrected chi connectivity index (χ3v) is 3.28. The standard InChI is InChI=1S/C8H16N2S.ClH/c1-10-8(9)11-6-7-4-2-3-5-7;/h7H,2-6H2,1H3,(H2,9,10);1H. The third kappa shape index (κ3) is 4.21. The Bertz CT molecular complexity index is 144. The van der Waals surface area contributed by atoms with Gasteiger partial charge in [0.2, 0.25) is 0 Å². The van der Waals surface area contributed by atoms with Gasteiger partial charge in [-0.3, -0.25) is 4.99 Å². The van der Waals surface area contributed by atoms with Crippen LogP contribution in [0, 0.1) is 5.92 Å². The predicted molar refractivity (Wildman–Crippen MR) is 59.2 cm³/mol. The molecule has 0 aromatic heterocycles. The van der Waals surface area contributed by atoms with Crippen molar-refractivity contribution in [1.82, 2.24) is 0 Å². The van der Waals surface area contributed by atoms with Gasteiger partial charge in [0.05, 0.1) is 0 Å². The first-order chi connectivity index (χ1) is 5.33. The molecule has 0 amide bonds. The monoisotopic (exact) mass is 208 g/mol. The van der Waals surface area contributed by atoms with Crippen molar-refractivity contribution in [2.75, 3.05) is 12.8 Å². The maximum Gasteiger partial charge on any atom is 0.153 e. The van der Waals surface area contributed by atoms with Gasteiger partial charge >= 0.3 is 0 Å². The fraction of sp³-hybridized carbons (Fsp3) is 0.875. The lowest BCUT2D eigenvalue weighted by Gasteiger charge is -2.06. The summed E-state index contributed by atoms with van der Waals surface area (Å²) < 4.78 is 0. The summed E-state index contributed by atoms with van der Waals surface area (Å²) in [5, 5.41) is 0.733. The van der Waals surface area contributed by atoms with E-state index >= 15 is 0 Å². The molecule has 0 atom stereocenters. The molecule has 4 heteroatoms. The highest BCUT2D eigenvalue weighted by Crippen LogP contribution is 2.27. The second-order valence-corrected chi connectivity index (χ2v) is 4.06. The molecule has 1 saturated carbocycles. The molecule has 72 valence electrons. The lowest BCUT2D eigenvalue weighted by atomic mass is 10.1. The lowest BCUT2D eigenvalue weighted by Crippen LogP contribution is -2.09. The number of halogens is 1. The number of nitrogens with zero attached hydrogens (tertiary/aromatic N) is 1. The van der Waals surface area contributed by atoms with Crippen molar-refractivity contribution in [1.29, 1.82) is 0 Å². The minimum atomic E-state index is 0. The number of hydrogen-bond acceptors (Lipinski definition) is 2. The minimum absolute atomic E-state index is 0. The van der Waals surface area contributed by atoms with Gasteiger partial charge in [-0.15, -0.1) is 12.4 Å². The van der Waals surface area contributed by atoms with Gasteiger partial charge in [-0.25, -0.2) is 0 Å². The summed E-state index contributed by atoms with van der Waals surface area (Å²) in [6.07, 6.45) is 5.61. The van der Waals surface area contributed by atoms with Crippen LogP contribution in [0.15, 0.2) is 4.99 Å². The van der Waals surface area contributed by atoms with Crippen molar-refractivity contribution in [3.05, 3.63) is 0 Å². The van der Waals surface area contributed by atoms with Crippen LogP contribution in [0.25, 0.3) is 0 Å². The minimum Gasteiger partial charge on any atom is -0.379 e. The van der Waals surface area contributed by atoms with Crippen molar-refractivity contribution < 1.29 is 0 Å². The van der Waals surface area contributed by atoms with Gasteiger partial charge < -0.3 is 5.73 Å². The fourth-order valence-corrected chi connectivity index (χ4v) is 2.31. The number of thioether (sulfide) groups is 1. The molecule has 0 heterocycles. The Morgan fingerprint density at radius 1 is 1.50 bits per heavy atom. The van der Waals surface area contributed by atoms with Crippen LogP contribution >= 0.6 is 24.2 Å². The van der Waals surface area contributed by atoms with Crippen LogP contribution in [0.3, 0.4) is 0 Å². The maximum atomic E-state index is 5.56. The number of nitrogens with two attached hydrogens (primary N) is 1. The smallest absolute Gasteiger partial charge is 0.153 e. The van der Waals surface area contributed by atoms with E-state index in [-0.39, 0.29) is 12.4 Å². The van der Waals surface area contributed by atoms with Crippen LogP contribution in [0.5, 0.6) is 0 Å². The number of amidine groups is 1. The fourth-order valence-electron chi connectivity index (χ4n) is 1.44. The first-order valence-corrected chi connectivity index (χ1v) is 5.16. The molecule has 2 nitrogen and oxygen atoms in total. The molecule has 0 aromatic rings. The van der Waals surface area contributed by atoms with Crippen molar-refractivity contribution in [2.45, 2.75) is 25.7 Å². The largest absolute Gasteiger partial charge is 0.379 e. The molecule has 0 saturated heterocycles. The highest BCUT2D eigenvalue weighted by Gasteiger charge is 2.14. The molecular weight excluding hydrogens is 192 g/mol. The van der Waals surface area contributed by atoms with Crippen LogP contribution < -0.4 is 5.73 Å². The second-order valence-electron chi connectivity index (χ2n) is 3.02. The number of aliphatic imine (C=N–C) groups is 1. The van der Waals surface area contributed by atoms with Gasteiger partial charge in [0.1, 0.15) is 0 Å². The summed E-state index contributed by atoms with van der Waals surface area (Å²) in [5.74, 6) is 2.07. The quantitative estimate of drug-likeness (QED) is 0.559. The van der Waals surface area contributed by atoms with E-state index in [1.165, 1.54) is 31.4 Å². The highest BCUT2D eigenvalue weighted by atomic mass is 35.5. The molecule has 12 heavy (non-hydrogen) atoms. The average molecular weight is 209 g/mol. The summed E-state index contributed by atoms with van der Waals surface area (Å²) in [6, 6.07) is 0. The van der Waals surface area contributed by atoms with Crippen molar-refractivity contribution in [2.24, 2.45) is 16.6 Å². The average Bonchev–Trinajstić information content (AvgIpc) is 2.52. The van der Waals surface area contributed by atoms with Crippen LogP contribution in [0.2, 0.25) is 0 Å². The van der Waals surface area contributed by atoms with Gasteiger partial charge in [0.15, 0.2) is 5.17 Å². The Kier molecular flexibility index (Phi) is 6.67. The van der Waals surface area contributed by atoms with E-state index in [4.69, 9.17) is 5.73 Å². The van der Waals surface area contributed by atoms with Gasteiger partial charge in [0.25, 0.3) is 0 Å². The zero-order valence-electron chi connectivity index (χ0n) is 7.45. The Morgan fingerprint density at radius 2 is 2.08 bits per heavy atom. The molecule has 1 fully saturated rings. The summed E-state index contributed by atoms with van der Waals surface area (Å²) in [7, 11) is 1.75. The Morgan fingerprint density at radius 3 is 2.58 bits per heavy atom. The third-order valence-electron chi connectivity index (χ3n) is 2.16. The summed E-state index contributed by atoms with van der Waals surface area (Å²) in [4.78, 5) is 3.91. The zero-order chi connectivity index (χ0) is 8.10. The van der Waals surface area contributed by atoms with Crippen LogP contribution in [-0.4, -0.2) is 18.0 Å². The lowest BCUT2D eigenvalue weighted by molar-refractivity contribution is 0.624. The molecule has 0 bridgehead atoms. The summed E-state index contributed by atoms with van der Waals surface area (Å²) in [6.45, 7) is 0. The Labute approximate surface area is 84.8 Å². The second kappa shape index (κ2) is 6.61. The van der Waals surface area contributed by atoms with E-state index in [0.717, 1.165) is 11.1 Å².